The van der Waals surface area contributed by atoms with Crippen LogP contribution in [0, 0.1) is 0 Å². The fourth-order valence-corrected chi connectivity index (χ4v) is 14.6. The van der Waals surface area contributed by atoms with E-state index in [1.807, 2.05) is 0 Å². The van der Waals surface area contributed by atoms with Gasteiger partial charge in [-0.1, -0.05) is 0 Å². The fourth-order valence-electron chi connectivity index (χ4n) is 1.74. The SMILES string of the molecule is I[CH2][SnH]([c]1ccccc1)[c]1ccccc1. The topological polar surface area (TPSA) is 0 Å². The number of hydrogen-bond donors (Lipinski definition) is 0. The van der Waals surface area contributed by atoms with Gasteiger partial charge in [-0.2, -0.15) is 0 Å². The van der Waals surface area contributed by atoms with Crippen LogP contribution in [0.2, 0.25) is 0 Å². The van der Waals surface area contributed by atoms with Crippen molar-refractivity contribution in [2.24, 2.45) is 0 Å². The molecular formula is C13H13ISn. The van der Waals surface area contributed by atoms with Gasteiger partial charge in [0.15, 0.2) is 0 Å². The summed E-state index contributed by atoms with van der Waals surface area (Å²) in [5.74, 6) is 0. The van der Waals surface area contributed by atoms with Gasteiger partial charge in [0, 0.05) is 0 Å². The second-order valence-corrected chi connectivity index (χ2v) is 17.3. The molecule has 0 saturated carbocycles. The Kier molecular flexibility index (Phi) is 4.50. The van der Waals surface area contributed by atoms with Crippen molar-refractivity contribution >= 4 is 49.5 Å². The molecule has 0 aliphatic heterocycles. The van der Waals surface area contributed by atoms with Crippen LogP contribution in [-0.2, 0) is 0 Å². The van der Waals surface area contributed by atoms with Gasteiger partial charge in [0.25, 0.3) is 0 Å². The summed E-state index contributed by atoms with van der Waals surface area (Å²) in [6.45, 7) is 0. The van der Waals surface area contributed by atoms with Crippen molar-refractivity contribution in [1.82, 2.24) is 0 Å². The first-order valence-electron chi connectivity index (χ1n) is 5.07. The molecule has 0 heterocycles. The van der Waals surface area contributed by atoms with Crippen LogP contribution >= 0.6 is 22.6 Å². The zero-order valence-corrected chi connectivity index (χ0v) is 13.9. The van der Waals surface area contributed by atoms with Crippen molar-refractivity contribution in [1.29, 1.82) is 0 Å². The molecule has 0 saturated heterocycles. The quantitative estimate of drug-likeness (QED) is 0.409. The zero-order chi connectivity index (χ0) is 10.5. The molecule has 0 nitrogen and oxygen atoms in total. The summed E-state index contributed by atoms with van der Waals surface area (Å²) in [6, 6.07) is 22.0. The molecule has 2 heteroatoms. The van der Waals surface area contributed by atoms with Gasteiger partial charge in [0.05, 0.1) is 0 Å². The van der Waals surface area contributed by atoms with Crippen LogP contribution in [0.1, 0.15) is 0 Å². The second kappa shape index (κ2) is 5.89. The molecule has 0 amide bonds. The first kappa shape index (κ1) is 11.5. The summed E-state index contributed by atoms with van der Waals surface area (Å²) < 4.78 is 4.55. The van der Waals surface area contributed by atoms with E-state index in [1.165, 1.54) is 2.44 Å². The summed E-state index contributed by atoms with van der Waals surface area (Å²) in [5, 5.41) is 0. The fraction of sp³-hybridized carbons (Fsp3) is 0.0769. The predicted octanol–water partition coefficient (Wildman–Crippen LogP) is 2.00. The molecule has 76 valence electrons. The normalized spacial score (nSPS) is 10.5. The van der Waals surface area contributed by atoms with E-state index in [-0.39, 0.29) is 0 Å². The summed E-state index contributed by atoms with van der Waals surface area (Å²) in [7, 11) is 0. The Morgan fingerprint density at radius 3 is 1.47 bits per heavy atom. The summed E-state index contributed by atoms with van der Waals surface area (Å²) >= 11 is 0.857. The molecule has 0 bridgehead atoms. The van der Waals surface area contributed by atoms with Gasteiger partial charge in [0.1, 0.15) is 0 Å². The maximum absolute atomic E-state index is 2.55. The second-order valence-electron chi connectivity index (χ2n) is 3.53. The van der Waals surface area contributed by atoms with E-state index in [2.05, 4.69) is 83.3 Å². The number of rotatable bonds is 3. The van der Waals surface area contributed by atoms with Crippen LogP contribution in [0.25, 0.3) is 0 Å². The molecule has 0 atom stereocenters. The molecule has 0 aromatic heterocycles. The Balaban J connectivity index is 2.34. The Morgan fingerprint density at radius 1 is 0.733 bits per heavy atom. The zero-order valence-electron chi connectivity index (χ0n) is 8.44. The van der Waals surface area contributed by atoms with Crippen molar-refractivity contribution < 1.29 is 0 Å². The Labute approximate surface area is 112 Å². The van der Waals surface area contributed by atoms with E-state index in [1.54, 1.807) is 7.16 Å². The van der Waals surface area contributed by atoms with E-state index in [9.17, 15) is 0 Å². The molecule has 0 unspecified atom stereocenters. The van der Waals surface area contributed by atoms with Crippen LogP contribution in [0.5, 0.6) is 0 Å². The van der Waals surface area contributed by atoms with Crippen LogP contribution in [0.3, 0.4) is 0 Å². The van der Waals surface area contributed by atoms with Gasteiger partial charge in [-0.3, -0.25) is 0 Å². The van der Waals surface area contributed by atoms with Crippen molar-refractivity contribution in [3.63, 3.8) is 0 Å². The minimum absolute atomic E-state index is 1.33. The van der Waals surface area contributed by atoms with Gasteiger partial charge >= 0.3 is 113 Å². The Hall–Kier alpha value is -0.0313. The number of halogens is 1. The molecule has 2 aromatic rings. The van der Waals surface area contributed by atoms with Crippen LogP contribution in [0.4, 0.5) is 0 Å². The molecule has 0 radical (unpaired) electrons. The summed E-state index contributed by atoms with van der Waals surface area (Å²) in [4.78, 5) is 0. The number of hydrogen-bond acceptors (Lipinski definition) is 0. The summed E-state index contributed by atoms with van der Waals surface area (Å²) in [5.41, 5.74) is 0. The molecule has 2 rings (SSSR count). The number of benzene rings is 2. The third-order valence-corrected chi connectivity index (χ3v) is 16.1. The number of alkyl halides is 1. The van der Waals surface area contributed by atoms with E-state index >= 15 is 0 Å². The molecule has 0 fully saturated rings. The monoisotopic (exact) mass is 416 g/mol. The molecule has 15 heavy (non-hydrogen) atoms. The van der Waals surface area contributed by atoms with Crippen LogP contribution in [0.15, 0.2) is 60.7 Å². The van der Waals surface area contributed by atoms with Crippen molar-refractivity contribution in [3.05, 3.63) is 60.7 Å². The van der Waals surface area contributed by atoms with E-state index in [4.69, 9.17) is 0 Å². The van der Waals surface area contributed by atoms with Crippen molar-refractivity contribution in [2.75, 3.05) is 2.44 Å². The average Bonchev–Trinajstić information content (AvgIpc) is 2.33. The Bertz CT molecular complexity index is 360. The first-order chi connectivity index (χ1) is 7.42. The van der Waals surface area contributed by atoms with E-state index in [0.717, 1.165) is 0 Å². The standard InChI is InChI=1S/2C6H5.CH2I.Sn.H/c2*1-2-4-6-5-3-1;1-2;;/h2*1-5H;1H2;;. The van der Waals surface area contributed by atoms with Crippen LogP contribution in [-0.4, -0.2) is 22.2 Å². The van der Waals surface area contributed by atoms with E-state index < -0.39 is 19.8 Å². The molecule has 0 aliphatic carbocycles. The van der Waals surface area contributed by atoms with Gasteiger partial charge in [-0.15, -0.1) is 0 Å². The summed E-state index contributed by atoms with van der Waals surface area (Å²) in [6.07, 6.45) is 0. The van der Waals surface area contributed by atoms with Crippen molar-refractivity contribution in [3.8, 4) is 0 Å². The molecule has 0 N–H and O–H groups in total. The van der Waals surface area contributed by atoms with E-state index in [0.29, 0.717) is 0 Å². The van der Waals surface area contributed by atoms with Gasteiger partial charge in [-0.25, -0.2) is 0 Å². The van der Waals surface area contributed by atoms with Crippen LogP contribution < -0.4 is 7.16 Å². The molecule has 0 spiro atoms. The minimum atomic E-state index is -1.69. The third kappa shape index (κ3) is 2.97. The molecule has 2 aromatic carbocycles. The third-order valence-electron chi connectivity index (χ3n) is 2.56. The predicted molar refractivity (Wildman–Crippen MR) is 78.2 cm³/mol. The Morgan fingerprint density at radius 2 is 1.13 bits per heavy atom. The maximum atomic E-state index is 2.55. The average molecular weight is 415 g/mol. The van der Waals surface area contributed by atoms with Gasteiger partial charge in [-0.05, 0) is 0 Å². The van der Waals surface area contributed by atoms with Gasteiger partial charge < -0.3 is 0 Å². The van der Waals surface area contributed by atoms with Crippen molar-refractivity contribution in [2.45, 2.75) is 0 Å². The van der Waals surface area contributed by atoms with Gasteiger partial charge in [0.2, 0.25) is 0 Å². The molecule has 0 aliphatic rings. The molecular weight excluding hydrogens is 402 g/mol. The first-order valence-corrected chi connectivity index (χ1v) is 12.2.